The fourth-order valence-electron chi connectivity index (χ4n) is 3.29. The molecule has 0 atom stereocenters. The largest absolute Gasteiger partial charge is 0.512 e. The number of ketones is 1. The van der Waals surface area contributed by atoms with Gasteiger partial charge in [0, 0.05) is 47.7 Å². The van der Waals surface area contributed by atoms with E-state index in [4.69, 9.17) is 0 Å². The maximum absolute atomic E-state index is 11.7. The molecule has 1 aromatic heterocycles. The van der Waals surface area contributed by atoms with Crippen molar-refractivity contribution in [1.82, 2.24) is 4.98 Å². The van der Waals surface area contributed by atoms with E-state index in [1.165, 1.54) is 10.8 Å². The van der Waals surface area contributed by atoms with Gasteiger partial charge < -0.3 is 5.11 Å². The number of benzene rings is 2. The molecule has 31 heavy (non-hydrogen) atoms. The molecule has 0 aliphatic heterocycles. The smallest absolute Gasteiger partial charge is 0.162 e. The van der Waals surface area contributed by atoms with Gasteiger partial charge in [0.25, 0.3) is 0 Å². The molecule has 0 fully saturated rings. The van der Waals surface area contributed by atoms with Gasteiger partial charge in [0.15, 0.2) is 5.78 Å². The third-order valence-corrected chi connectivity index (χ3v) is 6.39. The number of nitrogens with zero attached hydrogens (tertiary/aromatic N) is 1. The first kappa shape index (κ1) is 27.2. The number of allylic oxidation sites excluding steroid dienone is 2. The molecule has 0 aliphatic rings. The summed E-state index contributed by atoms with van der Waals surface area (Å²) in [6.45, 7) is 8.07. The number of aromatic nitrogens is 1. The van der Waals surface area contributed by atoms with Crippen molar-refractivity contribution in [3.05, 3.63) is 66.4 Å². The summed E-state index contributed by atoms with van der Waals surface area (Å²) in [5.41, 5.74) is 2.13. The molecule has 0 spiro atoms. The average Bonchev–Trinajstić information content (AvgIpc) is 3.21. The second-order valence-electron chi connectivity index (χ2n) is 7.26. The zero-order valence-corrected chi connectivity index (χ0v) is 21.9. The fourth-order valence-corrected chi connectivity index (χ4v) is 4.25. The number of hydrogen-bond donors (Lipinski definition) is 1. The second kappa shape index (κ2) is 14.3. The minimum atomic E-state index is 0. The van der Waals surface area contributed by atoms with Gasteiger partial charge in [0.1, 0.15) is 0 Å². The minimum Gasteiger partial charge on any atom is -0.512 e. The van der Waals surface area contributed by atoms with Crippen LogP contribution < -0.4 is 0 Å². The Bertz CT molecular complexity index is 911. The summed E-state index contributed by atoms with van der Waals surface area (Å²) in [5.74, 6) is 0.547. The van der Waals surface area contributed by atoms with E-state index in [1.54, 1.807) is 11.3 Å². The van der Waals surface area contributed by atoms with Crippen LogP contribution >= 0.6 is 11.3 Å². The van der Waals surface area contributed by atoms with Crippen molar-refractivity contribution in [3.63, 3.8) is 0 Å². The molecule has 5 heteroatoms. The Morgan fingerprint density at radius 2 is 1.61 bits per heavy atom. The zero-order chi connectivity index (χ0) is 21.9. The van der Waals surface area contributed by atoms with Gasteiger partial charge in [-0.05, 0) is 37.8 Å². The topological polar surface area (TPSA) is 50.2 Å². The molecular weight excluding hydrogens is 583 g/mol. The number of fused-ring (bicyclic) bond motifs is 1. The van der Waals surface area contributed by atoms with Crippen molar-refractivity contribution in [1.29, 1.82) is 0 Å². The van der Waals surface area contributed by atoms with E-state index in [0.29, 0.717) is 0 Å². The molecule has 0 bridgehead atoms. The molecule has 0 saturated carbocycles. The minimum absolute atomic E-state index is 0. The van der Waals surface area contributed by atoms with Gasteiger partial charge in [-0.1, -0.05) is 39.8 Å². The molecule has 0 amide bonds. The van der Waals surface area contributed by atoms with Crippen LogP contribution in [0.1, 0.15) is 53.4 Å². The molecule has 1 heterocycles. The van der Waals surface area contributed by atoms with Crippen molar-refractivity contribution >= 4 is 27.3 Å². The summed E-state index contributed by atoms with van der Waals surface area (Å²) in [5, 5.41) is 10.8. The Balaban J connectivity index is 0.000000300. The molecule has 3 rings (SSSR count). The quantitative estimate of drug-likeness (QED) is 0.161. The summed E-state index contributed by atoms with van der Waals surface area (Å²) < 4.78 is 1.23. The Labute approximate surface area is 204 Å². The summed E-state index contributed by atoms with van der Waals surface area (Å²) >= 11 is 1.71. The van der Waals surface area contributed by atoms with Crippen molar-refractivity contribution in [3.8, 4) is 10.6 Å². The first-order valence-electron chi connectivity index (χ1n) is 10.8. The third-order valence-electron chi connectivity index (χ3n) is 5.32. The summed E-state index contributed by atoms with van der Waals surface area (Å²) in [7, 11) is 0. The number of para-hydroxylation sites is 1. The van der Waals surface area contributed by atoms with Crippen LogP contribution in [0.4, 0.5) is 0 Å². The SMILES string of the molecule is CCC(CC)C(=O)/C=C(\O)C(CC)CC.[Ir].[c-]1ccccc1-c1nc2ccccc2s1. The van der Waals surface area contributed by atoms with E-state index in [1.807, 2.05) is 70.2 Å². The number of aliphatic hydroxyl groups is 1. The van der Waals surface area contributed by atoms with E-state index >= 15 is 0 Å². The number of carbonyl (C=O) groups excluding carboxylic acids is 1. The van der Waals surface area contributed by atoms with Gasteiger partial charge in [-0.15, -0.1) is 35.9 Å². The predicted octanol–water partition coefficient (Wildman–Crippen LogP) is 7.63. The molecule has 1 N–H and O–H groups in total. The van der Waals surface area contributed by atoms with E-state index in [0.717, 1.165) is 41.8 Å². The van der Waals surface area contributed by atoms with Crippen molar-refractivity contribution in [2.45, 2.75) is 53.4 Å². The monoisotopic (exact) mass is 615 g/mol. The molecule has 169 valence electrons. The molecule has 0 unspecified atom stereocenters. The average molecular weight is 615 g/mol. The van der Waals surface area contributed by atoms with Crippen LogP contribution in [-0.4, -0.2) is 15.9 Å². The Kier molecular flexibility index (Phi) is 12.5. The molecule has 0 saturated heterocycles. The van der Waals surface area contributed by atoms with Crippen LogP contribution in [0, 0.1) is 17.9 Å². The first-order chi connectivity index (χ1) is 14.5. The maximum Gasteiger partial charge on any atom is 0.162 e. The van der Waals surface area contributed by atoms with Gasteiger partial charge in [0.2, 0.25) is 0 Å². The summed E-state index contributed by atoms with van der Waals surface area (Å²) in [6, 6.07) is 19.3. The zero-order valence-electron chi connectivity index (χ0n) is 18.7. The van der Waals surface area contributed by atoms with E-state index < -0.39 is 0 Å². The Morgan fingerprint density at radius 3 is 2.16 bits per heavy atom. The Hall–Kier alpha value is -1.81. The van der Waals surface area contributed by atoms with Gasteiger partial charge in [0.05, 0.1) is 11.3 Å². The van der Waals surface area contributed by atoms with Crippen LogP contribution in [0.5, 0.6) is 0 Å². The van der Waals surface area contributed by atoms with Crippen LogP contribution in [0.15, 0.2) is 60.4 Å². The standard InChI is InChI=1S/C13H8NS.C13H24O2.Ir/c1-2-6-10(7-3-1)13-14-11-8-4-5-9-12(11)15-13;1-5-10(6-2)12(14)9-13(15)11(7-3)8-4;/h1-6,8-9H;9-11,14H,5-8H2,1-4H3;/q-1;;/b;12-9-;. The third kappa shape index (κ3) is 7.99. The number of rotatable bonds is 8. The van der Waals surface area contributed by atoms with E-state index in [-0.39, 0.29) is 43.5 Å². The normalized spacial score (nSPS) is 11.2. The van der Waals surface area contributed by atoms with Gasteiger partial charge in [-0.25, -0.2) is 0 Å². The second-order valence-corrected chi connectivity index (χ2v) is 8.29. The van der Waals surface area contributed by atoms with Gasteiger partial charge >= 0.3 is 0 Å². The number of thiazole rings is 1. The molecule has 2 aromatic carbocycles. The van der Waals surface area contributed by atoms with E-state index in [2.05, 4.69) is 17.1 Å². The van der Waals surface area contributed by atoms with Crippen molar-refractivity contribution in [2.24, 2.45) is 11.8 Å². The number of aliphatic hydroxyl groups excluding tert-OH is 1. The van der Waals surface area contributed by atoms with Crippen molar-refractivity contribution in [2.75, 3.05) is 0 Å². The summed E-state index contributed by atoms with van der Waals surface area (Å²) in [6.07, 6.45) is 4.91. The maximum atomic E-state index is 11.7. The number of carbonyl (C=O) groups is 1. The molecule has 1 radical (unpaired) electrons. The number of hydrogen-bond acceptors (Lipinski definition) is 4. The van der Waals surface area contributed by atoms with Gasteiger partial charge in [-0.2, -0.15) is 11.3 Å². The molecule has 3 aromatic rings. The predicted molar refractivity (Wildman–Crippen MR) is 128 cm³/mol. The van der Waals surface area contributed by atoms with E-state index in [9.17, 15) is 9.90 Å². The molecular formula is C26H32IrNO2S-. The van der Waals surface area contributed by atoms with Crippen LogP contribution in [0.25, 0.3) is 20.8 Å². The van der Waals surface area contributed by atoms with Crippen LogP contribution in [0.2, 0.25) is 0 Å². The van der Waals surface area contributed by atoms with Crippen molar-refractivity contribution < 1.29 is 30.0 Å². The molecule has 0 aliphatic carbocycles. The van der Waals surface area contributed by atoms with Crippen LogP contribution in [0.3, 0.4) is 0 Å². The fraction of sp³-hybridized carbons (Fsp3) is 0.385. The Morgan fingerprint density at radius 1 is 1.00 bits per heavy atom. The first-order valence-corrected chi connectivity index (χ1v) is 11.6. The molecule has 3 nitrogen and oxygen atoms in total. The summed E-state index contributed by atoms with van der Waals surface area (Å²) in [4.78, 5) is 16.3. The van der Waals surface area contributed by atoms with Gasteiger partial charge in [-0.3, -0.25) is 9.78 Å². The van der Waals surface area contributed by atoms with Crippen LogP contribution in [-0.2, 0) is 24.9 Å².